The van der Waals surface area contributed by atoms with Gasteiger partial charge in [-0.25, -0.2) is 0 Å². The van der Waals surface area contributed by atoms with Crippen molar-refractivity contribution in [1.29, 1.82) is 0 Å². The predicted molar refractivity (Wildman–Crippen MR) is 42.6 cm³/mol. The minimum atomic E-state index is 0. The summed E-state index contributed by atoms with van der Waals surface area (Å²) in [5.74, 6) is 0. The summed E-state index contributed by atoms with van der Waals surface area (Å²) in [4.78, 5) is 0. The van der Waals surface area contributed by atoms with Crippen molar-refractivity contribution < 1.29 is 20.2 Å². The van der Waals surface area contributed by atoms with Gasteiger partial charge in [0.25, 0.3) is 0 Å². The second-order valence-corrected chi connectivity index (χ2v) is 2.83. The van der Waals surface area contributed by atoms with Crippen molar-refractivity contribution in [2.45, 2.75) is 6.92 Å². The maximum absolute atomic E-state index is 8.66. The largest absolute Gasteiger partial charge is 0.870 e. The first-order valence-electron chi connectivity index (χ1n) is 3.74. The molecule has 0 aliphatic heterocycles. The van der Waals surface area contributed by atoms with E-state index in [1.807, 2.05) is 7.05 Å². The van der Waals surface area contributed by atoms with Gasteiger partial charge in [0.15, 0.2) is 0 Å². The molecule has 0 bridgehead atoms. The molecule has 0 aliphatic carbocycles. The summed E-state index contributed by atoms with van der Waals surface area (Å²) in [6.07, 6.45) is 0. The third-order valence-corrected chi connectivity index (χ3v) is 2.04. The summed E-state index contributed by atoms with van der Waals surface area (Å²) in [6, 6.07) is 0. The quantitative estimate of drug-likeness (QED) is 0.527. The first-order valence-corrected chi connectivity index (χ1v) is 3.74. The molecule has 4 heteroatoms. The number of likely N-dealkylation sites (N-methyl/N-ethyl adjacent to an activating group) is 1. The molecule has 0 aromatic rings. The Balaban J connectivity index is 0. The van der Waals surface area contributed by atoms with Crippen LogP contribution in [-0.2, 0) is 0 Å². The van der Waals surface area contributed by atoms with Crippen LogP contribution in [0.15, 0.2) is 0 Å². The first kappa shape index (κ1) is 13.4. The molecular formula is C7H19NO3. The van der Waals surface area contributed by atoms with Crippen LogP contribution in [0, 0.1) is 0 Å². The summed E-state index contributed by atoms with van der Waals surface area (Å²) in [6.45, 7) is 4.88. The highest BCUT2D eigenvalue weighted by Gasteiger charge is 2.16. The third kappa shape index (κ3) is 5.15. The molecule has 70 valence electrons. The van der Waals surface area contributed by atoms with E-state index < -0.39 is 0 Å². The molecule has 0 fully saturated rings. The standard InChI is InChI=1S/C7H18NO2.H2O/c1-3-8(2,4-6-9)5-7-10;/h9-10H,3-7H2,1-2H3;1H2/q+1;/p-1. The van der Waals surface area contributed by atoms with Gasteiger partial charge in [0.05, 0.1) is 26.8 Å². The van der Waals surface area contributed by atoms with Crippen LogP contribution in [-0.4, -0.2) is 60.1 Å². The second kappa shape index (κ2) is 6.54. The van der Waals surface area contributed by atoms with Crippen molar-refractivity contribution in [2.75, 3.05) is 39.9 Å². The van der Waals surface area contributed by atoms with Crippen LogP contribution in [0.5, 0.6) is 0 Å². The third-order valence-electron chi connectivity index (χ3n) is 2.04. The van der Waals surface area contributed by atoms with Crippen molar-refractivity contribution in [2.24, 2.45) is 0 Å². The van der Waals surface area contributed by atoms with E-state index in [-0.39, 0.29) is 18.7 Å². The van der Waals surface area contributed by atoms with Crippen molar-refractivity contribution in [3.8, 4) is 0 Å². The zero-order valence-corrected chi connectivity index (χ0v) is 7.32. The monoisotopic (exact) mass is 165 g/mol. The molecule has 0 saturated heterocycles. The fourth-order valence-electron chi connectivity index (χ4n) is 0.911. The van der Waals surface area contributed by atoms with Crippen LogP contribution in [0.25, 0.3) is 0 Å². The molecule has 0 aliphatic rings. The maximum Gasteiger partial charge on any atom is 0.102 e. The van der Waals surface area contributed by atoms with Crippen LogP contribution >= 0.6 is 0 Å². The molecule has 0 aromatic carbocycles. The highest BCUT2D eigenvalue weighted by atomic mass is 16.3. The van der Waals surface area contributed by atoms with Crippen LogP contribution in [0.1, 0.15) is 6.92 Å². The molecule has 0 heterocycles. The molecule has 0 saturated carbocycles. The smallest absolute Gasteiger partial charge is 0.102 e. The van der Waals surface area contributed by atoms with Crippen molar-refractivity contribution >= 4 is 0 Å². The molecule has 0 unspecified atom stereocenters. The minimum Gasteiger partial charge on any atom is -0.870 e. The molecule has 0 aromatic heterocycles. The molecule has 0 rings (SSSR count). The number of aliphatic hydroxyl groups excluding tert-OH is 2. The summed E-state index contributed by atoms with van der Waals surface area (Å²) >= 11 is 0. The van der Waals surface area contributed by atoms with Gasteiger partial charge in [-0.1, -0.05) is 0 Å². The van der Waals surface area contributed by atoms with E-state index in [2.05, 4.69) is 6.92 Å². The summed E-state index contributed by atoms with van der Waals surface area (Å²) in [7, 11) is 2.03. The van der Waals surface area contributed by atoms with Crippen molar-refractivity contribution in [3.05, 3.63) is 0 Å². The van der Waals surface area contributed by atoms with Gasteiger partial charge in [-0.2, -0.15) is 0 Å². The van der Waals surface area contributed by atoms with Crippen molar-refractivity contribution in [1.82, 2.24) is 0 Å². The summed E-state index contributed by atoms with van der Waals surface area (Å²) in [5, 5.41) is 17.3. The minimum absolute atomic E-state index is 0. The lowest BCUT2D eigenvalue weighted by Crippen LogP contribution is -2.47. The first-order chi connectivity index (χ1) is 4.68. The Hall–Kier alpha value is -0.160. The average molecular weight is 165 g/mol. The van der Waals surface area contributed by atoms with Gasteiger partial charge in [0.1, 0.15) is 13.1 Å². The highest BCUT2D eigenvalue weighted by molar-refractivity contribution is 4.34. The Bertz CT molecular complexity index is 81.8. The van der Waals surface area contributed by atoms with Crippen LogP contribution in [0.4, 0.5) is 0 Å². The topological polar surface area (TPSA) is 70.5 Å². The molecule has 3 N–H and O–H groups in total. The van der Waals surface area contributed by atoms with Gasteiger partial charge >= 0.3 is 0 Å². The second-order valence-electron chi connectivity index (χ2n) is 2.83. The van der Waals surface area contributed by atoms with E-state index in [1.54, 1.807) is 0 Å². The average Bonchev–Trinajstić information content (AvgIpc) is 1.89. The molecule has 0 atom stereocenters. The number of quaternary nitrogens is 1. The zero-order chi connectivity index (χ0) is 8.04. The van der Waals surface area contributed by atoms with Crippen LogP contribution in [0.2, 0.25) is 0 Å². The van der Waals surface area contributed by atoms with E-state index >= 15 is 0 Å². The Kier molecular flexibility index (Phi) is 7.99. The summed E-state index contributed by atoms with van der Waals surface area (Å²) in [5.41, 5.74) is 0. The number of hydrogen-bond acceptors (Lipinski definition) is 3. The van der Waals surface area contributed by atoms with Gasteiger partial charge in [0.2, 0.25) is 0 Å². The Morgan fingerprint density at radius 3 is 1.64 bits per heavy atom. The SMILES string of the molecule is CC[N+](C)(CCO)CCO.[OH-]. The van der Waals surface area contributed by atoms with E-state index in [9.17, 15) is 0 Å². The van der Waals surface area contributed by atoms with Gasteiger partial charge in [-0.3, -0.25) is 0 Å². The lowest BCUT2D eigenvalue weighted by atomic mass is 10.4. The van der Waals surface area contributed by atoms with Crippen molar-refractivity contribution in [3.63, 3.8) is 0 Å². The highest BCUT2D eigenvalue weighted by Crippen LogP contribution is 1.98. The Labute approximate surface area is 68.0 Å². The van der Waals surface area contributed by atoms with Gasteiger partial charge in [-0.05, 0) is 6.92 Å². The van der Waals surface area contributed by atoms with E-state index in [1.165, 1.54) is 0 Å². The van der Waals surface area contributed by atoms with Gasteiger partial charge in [-0.15, -0.1) is 0 Å². The molecule has 11 heavy (non-hydrogen) atoms. The Morgan fingerprint density at radius 1 is 1.09 bits per heavy atom. The van der Waals surface area contributed by atoms with E-state index in [0.717, 1.165) is 24.1 Å². The zero-order valence-electron chi connectivity index (χ0n) is 7.32. The predicted octanol–water partition coefficient (Wildman–Crippen LogP) is -0.739. The van der Waals surface area contributed by atoms with E-state index in [4.69, 9.17) is 10.2 Å². The lowest BCUT2D eigenvalue weighted by molar-refractivity contribution is -0.908. The van der Waals surface area contributed by atoms with Gasteiger partial charge < -0.3 is 20.2 Å². The number of hydrogen-bond donors (Lipinski definition) is 2. The fourth-order valence-corrected chi connectivity index (χ4v) is 0.911. The van der Waals surface area contributed by atoms with Crippen LogP contribution < -0.4 is 0 Å². The normalized spacial score (nSPS) is 10.9. The fraction of sp³-hybridized carbons (Fsp3) is 1.00. The number of nitrogens with zero attached hydrogens (tertiary/aromatic N) is 1. The summed E-state index contributed by atoms with van der Waals surface area (Å²) < 4.78 is 0.757. The molecule has 0 radical (unpaired) electrons. The van der Waals surface area contributed by atoms with E-state index in [0.29, 0.717) is 0 Å². The number of aliphatic hydroxyl groups is 2. The number of rotatable bonds is 5. The maximum atomic E-state index is 8.66. The molecule has 0 spiro atoms. The molecule has 0 amide bonds. The van der Waals surface area contributed by atoms with Crippen LogP contribution in [0.3, 0.4) is 0 Å². The van der Waals surface area contributed by atoms with Gasteiger partial charge in [0, 0.05) is 0 Å². The molecular weight excluding hydrogens is 146 g/mol. The lowest BCUT2D eigenvalue weighted by Gasteiger charge is -2.31. The Morgan fingerprint density at radius 2 is 1.45 bits per heavy atom. The molecule has 4 nitrogen and oxygen atoms in total.